The Labute approximate surface area is 178 Å². The maximum atomic E-state index is 14.3. The number of Topliss-reactive ketones (excluding diaryl/α,β-unsaturated/α-hetero) is 1. The van der Waals surface area contributed by atoms with Gasteiger partial charge in [-0.2, -0.15) is 4.98 Å². The van der Waals surface area contributed by atoms with Crippen LogP contribution in [0.5, 0.6) is 0 Å². The molecule has 0 saturated carbocycles. The van der Waals surface area contributed by atoms with E-state index < -0.39 is 15.8 Å². The minimum Gasteiger partial charge on any atom is -0.338 e. The van der Waals surface area contributed by atoms with Crippen molar-refractivity contribution < 1.29 is 17.6 Å². The van der Waals surface area contributed by atoms with Crippen molar-refractivity contribution in [3.05, 3.63) is 65.1 Å². The fourth-order valence-electron chi connectivity index (χ4n) is 3.47. The zero-order valence-electron chi connectivity index (χ0n) is 16.6. The van der Waals surface area contributed by atoms with Crippen molar-refractivity contribution in [2.75, 3.05) is 10.6 Å². The van der Waals surface area contributed by atoms with Crippen molar-refractivity contribution in [3.8, 4) is 0 Å². The molecule has 8 nitrogen and oxygen atoms in total. The number of aryl methyl sites for hydroxylation is 2. The van der Waals surface area contributed by atoms with Crippen LogP contribution in [-0.2, 0) is 16.4 Å². The van der Waals surface area contributed by atoms with E-state index >= 15 is 0 Å². The van der Waals surface area contributed by atoms with Crippen LogP contribution in [0.3, 0.4) is 0 Å². The Morgan fingerprint density at radius 1 is 1.06 bits per heavy atom. The zero-order valence-corrected chi connectivity index (χ0v) is 17.5. The Kier molecular flexibility index (Phi) is 5.42. The summed E-state index contributed by atoms with van der Waals surface area (Å²) in [6, 6.07) is 9.91. The molecular weight excluding hydrogens is 421 g/mol. The van der Waals surface area contributed by atoms with Gasteiger partial charge in [-0.3, -0.25) is 4.79 Å². The second-order valence-electron chi connectivity index (χ2n) is 7.31. The average Bonchev–Trinajstić information content (AvgIpc) is 2.72. The molecular formula is C21H20FN5O3S. The van der Waals surface area contributed by atoms with Crippen molar-refractivity contribution >= 4 is 38.9 Å². The largest absolute Gasteiger partial charge is 0.338 e. The molecule has 0 aliphatic heterocycles. The molecule has 2 aromatic carbocycles. The van der Waals surface area contributed by atoms with E-state index in [2.05, 4.69) is 20.6 Å². The number of ketones is 1. The van der Waals surface area contributed by atoms with E-state index in [1.807, 2.05) is 6.07 Å². The van der Waals surface area contributed by atoms with Gasteiger partial charge in [-0.05, 0) is 55.2 Å². The molecule has 31 heavy (non-hydrogen) atoms. The molecule has 0 amide bonds. The average molecular weight is 441 g/mol. The van der Waals surface area contributed by atoms with E-state index in [-0.39, 0.29) is 22.4 Å². The molecule has 0 fully saturated rings. The number of halogens is 1. The number of sulfonamides is 1. The third-order valence-electron chi connectivity index (χ3n) is 5.02. The summed E-state index contributed by atoms with van der Waals surface area (Å²) in [5.41, 5.74) is 3.03. The molecule has 10 heteroatoms. The molecule has 160 valence electrons. The third-order valence-corrected chi connectivity index (χ3v) is 6.07. The number of anilines is 4. The zero-order chi connectivity index (χ0) is 22.2. The van der Waals surface area contributed by atoms with Gasteiger partial charge in [-0.25, -0.2) is 22.9 Å². The van der Waals surface area contributed by atoms with Crippen LogP contribution >= 0.6 is 0 Å². The smallest absolute Gasteiger partial charge is 0.238 e. The molecule has 1 aliphatic rings. The van der Waals surface area contributed by atoms with Crippen LogP contribution in [0.2, 0.25) is 0 Å². The summed E-state index contributed by atoms with van der Waals surface area (Å²) < 4.78 is 37.7. The number of fused-ring (bicyclic) bond motifs is 1. The van der Waals surface area contributed by atoms with Crippen LogP contribution in [0.25, 0.3) is 0 Å². The van der Waals surface area contributed by atoms with Gasteiger partial charge in [-0.15, -0.1) is 0 Å². The molecule has 0 radical (unpaired) electrons. The minimum absolute atomic E-state index is 0.0308. The summed E-state index contributed by atoms with van der Waals surface area (Å²) in [6.45, 7) is 1.63. The third kappa shape index (κ3) is 4.54. The number of nitrogens with one attached hydrogen (secondary N) is 2. The molecule has 0 saturated heterocycles. The van der Waals surface area contributed by atoms with E-state index in [9.17, 15) is 17.6 Å². The van der Waals surface area contributed by atoms with Gasteiger partial charge in [0.15, 0.2) is 17.4 Å². The second kappa shape index (κ2) is 8.05. The first kappa shape index (κ1) is 20.9. The maximum Gasteiger partial charge on any atom is 0.238 e. The number of carbonyl (C=O) groups is 1. The predicted molar refractivity (Wildman–Crippen MR) is 115 cm³/mol. The summed E-state index contributed by atoms with van der Waals surface area (Å²) in [4.78, 5) is 20.2. The topological polar surface area (TPSA) is 127 Å². The second-order valence-corrected chi connectivity index (χ2v) is 8.84. The molecule has 0 spiro atoms. The highest BCUT2D eigenvalue weighted by Crippen LogP contribution is 2.27. The van der Waals surface area contributed by atoms with Gasteiger partial charge in [0, 0.05) is 23.4 Å². The van der Waals surface area contributed by atoms with Crippen LogP contribution in [0.15, 0.2) is 47.5 Å². The van der Waals surface area contributed by atoms with E-state index in [0.29, 0.717) is 28.9 Å². The van der Waals surface area contributed by atoms with Crippen LogP contribution in [0.4, 0.5) is 27.5 Å². The number of nitrogens with zero attached hydrogens (tertiary/aromatic N) is 2. The molecule has 3 aromatic rings. The highest BCUT2D eigenvalue weighted by atomic mass is 32.2. The number of primary sulfonamides is 1. The summed E-state index contributed by atoms with van der Waals surface area (Å²) in [6.07, 6.45) is 3.17. The summed E-state index contributed by atoms with van der Waals surface area (Å²) in [7, 11) is -3.90. The number of hydrogen-bond donors (Lipinski definition) is 3. The maximum absolute atomic E-state index is 14.3. The quantitative estimate of drug-likeness (QED) is 0.552. The highest BCUT2D eigenvalue weighted by molar-refractivity contribution is 7.89. The monoisotopic (exact) mass is 441 g/mol. The number of aromatic nitrogens is 2. The molecule has 1 aromatic heterocycles. The van der Waals surface area contributed by atoms with Gasteiger partial charge in [0.1, 0.15) is 0 Å². The molecule has 0 unspecified atom stereocenters. The number of nitrogens with two attached hydrogens (primary N) is 1. The van der Waals surface area contributed by atoms with Gasteiger partial charge >= 0.3 is 0 Å². The molecule has 1 aliphatic carbocycles. The van der Waals surface area contributed by atoms with Crippen molar-refractivity contribution in [2.24, 2.45) is 5.14 Å². The molecule has 4 N–H and O–H groups in total. The van der Waals surface area contributed by atoms with E-state index in [1.165, 1.54) is 6.07 Å². The number of benzene rings is 2. The van der Waals surface area contributed by atoms with Gasteiger partial charge in [0.2, 0.25) is 16.0 Å². The summed E-state index contributed by atoms with van der Waals surface area (Å²) in [5.74, 6) is -0.633. The lowest BCUT2D eigenvalue weighted by molar-refractivity contribution is 0.0972. The Hall–Kier alpha value is -3.37. The predicted octanol–water partition coefficient (Wildman–Crippen LogP) is 3.58. The Morgan fingerprint density at radius 3 is 2.58 bits per heavy atom. The lowest BCUT2D eigenvalue weighted by atomic mass is 9.90. The normalized spacial score (nSPS) is 13.6. The lowest BCUT2D eigenvalue weighted by Gasteiger charge is -2.16. The number of hydrogen-bond acceptors (Lipinski definition) is 7. The van der Waals surface area contributed by atoms with Crippen molar-refractivity contribution in [3.63, 3.8) is 0 Å². The molecule has 0 bridgehead atoms. The Morgan fingerprint density at radius 2 is 1.81 bits per heavy atom. The number of rotatable bonds is 5. The Bertz CT molecular complexity index is 1290. The number of carbonyl (C=O) groups excluding carboxylic acids is 1. The van der Waals surface area contributed by atoms with Crippen LogP contribution in [0.1, 0.15) is 34.3 Å². The van der Waals surface area contributed by atoms with Gasteiger partial charge in [-0.1, -0.05) is 12.1 Å². The van der Waals surface area contributed by atoms with Crippen molar-refractivity contribution in [1.82, 2.24) is 9.97 Å². The molecule has 4 rings (SSSR count). The first-order valence-electron chi connectivity index (χ1n) is 9.57. The van der Waals surface area contributed by atoms with Gasteiger partial charge in [0.25, 0.3) is 0 Å². The molecule has 0 atom stereocenters. The van der Waals surface area contributed by atoms with Crippen LogP contribution in [-0.4, -0.2) is 24.2 Å². The first-order valence-corrected chi connectivity index (χ1v) is 11.1. The van der Waals surface area contributed by atoms with Gasteiger partial charge < -0.3 is 10.6 Å². The Balaban J connectivity index is 1.60. The van der Waals surface area contributed by atoms with E-state index in [1.54, 1.807) is 31.2 Å². The standard InChI is InChI=1S/C21H20FN5O3S/c1-12-5-7-15(10-19(12)31(23,29)30)26-21-24-11-17(22)20(27-21)25-14-8-6-13-3-2-4-18(28)16(13)9-14/h5-11H,2-4H2,1H3,(H2,23,29,30)(H2,24,25,26,27). The fraction of sp³-hybridized carbons (Fsp3) is 0.190. The first-order chi connectivity index (χ1) is 14.7. The minimum atomic E-state index is -3.90. The van der Waals surface area contributed by atoms with Crippen molar-refractivity contribution in [1.29, 1.82) is 0 Å². The van der Waals surface area contributed by atoms with E-state index in [0.717, 1.165) is 24.6 Å². The van der Waals surface area contributed by atoms with Crippen LogP contribution < -0.4 is 15.8 Å². The molecule has 1 heterocycles. The lowest BCUT2D eigenvalue weighted by Crippen LogP contribution is -2.14. The van der Waals surface area contributed by atoms with Crippen molar-refractivity contribution in [2.45, 2.75) is 31.1 Å². The SMILES string of the molecule is Cc1ccc(Nc2ncc(F)c(Nc3ccc4c(c3)C(=O)CCC4)n2)cc1S(N)(=O)=O. The summed E-state index contributed by atoms with van der Waals surface area (Å²) >= 11 is 0. The highest BCUT2D eigenvalue weighted by Gasteiger charge is 2.18. The fourth-order valence-corrected chi connectivity index (χ4v) is 4.28. The van der Waals surface area contributed by atoms with Crippen LogP contribution in [0, 0.1) is 12.7 Å². The van der Waals surface area contributed by atoms with E-state index in [4.69, 9.17) is 5.14 Å². The van der Waals surface area contributed by atoms with Gasteiger partial charge in [0.05, 0.1) is 11.1 Å². The summed E-state index contributed by atoms with van der Waals surface area (Å²) in [5, 5.41) is 11.0.